The molecule has 2 aromatic carbocycles. The van der Waals surface area contributed by atoms with Crippen LogP contribution in [0, 0.1) is 5.41 Å². The molecule has 1 aliphatic rings. The number of carboxylic acid groups (broad SMARTS) is 1. The Morgan fingerprint density at radius 1 is 1.12 bits per heavy atom. The summed E-state index contributed by atoms with van der Waals surface area (Å²) in [6, 6.07) is 17.3. The van der Waals surface area contributed by atoms with Crippen molar-refractivity contribution in [2.45, 2.75) is 38.2 Å². The molecule has 0 saturated carbocycles. The Bertz CT molecular complexity index is 1070. The zero-order chi connectivity index (χ0) is 22.8. The Kier molecular flexibility index (Phi) is 6.13. The van der Waals surface area contributed by atoms with Crippen molar-refractivity contribution in [1.82, 2.24) is 4.98 Å². The molecule has 166 valence electrons. The molecule has 2 N–H and O–H groups in total. The summed E-state index contributed by atoms with van der Waals surface area (Å²) in [6.45, 7) is 4.27. The van der Waals surface area contributed by atoms with Gasteiger partial charge in [0.15, 0.2) is 10.7 Å². The van der Waals surface area contributed by atoms with Crippen LogP contribution in [-0.2, 0) is 19.9 Å². The molecule has 0 spiro atoms. The highest BCUT2D eigenvalue weighted by molar-refractivity contribution is 7.13. The van der Waals surface area contributed by atoms with E-state index in [-0.39, 0.29) is 11.8 Å². The van der Waals surface area contributed by atoms with Gasteiger partial charge >= 0.3 is 5.97 Å². The van der Waals surface area contributed by atoms with Crippen molar-refractivity contribution in [2.24, 2.45) is 5.41 Å². The number of benzene rings is 2. The number of nitrogens with one attached hydrogen (secondary N) is 1. The first-order valence-corrected chi connectivity index (χ1v) is 11.5. The van der Waals surface area contributed by atoms with Crippen LogP contribution in [-0.4, -0.2) is 28.6 Å². The molecule has 6 nitrogen and oxygen atoms in total. The molecule has 1 unspecified atom stereocenters. The van der Waals surface area contributed by atoms with Crippen molar-refractivity contribution >= 4 is 28.3 Å². The number of carbonyl (C=O) groups is 2. The van der Waals surface area contributed by atoms with E-state index in [1.807, 2.05) is 73.8 Å². The molecule has 1 aromatic heterocycles. The fourth-order valence-corrected chi connectivity index (χ4v) is 4.97. The lowest BCUT2D eigenvalue weighted by Crippen LogP contribution is -2.37. The van der Waals surface area contributed by atoms with Gasteiger partial charge in [-0.15, -0.1) is 11.3 Å². The number of rotatable bonds is 7. The Balaban J connectivity index is 1.71. The van der Waals surface area contributed by atoms with Gasteiger partial charge in [-0.3, -0.25) is 4.79 Å². The van der Waals surface area contributed by atoms with Crippen LogP contribution in [0.2, 0.25) is 0 Å². The number of hydrogen-bond acceptors (Lipinski definition) is 5. The summed E-state index contributed by atoms with van der Waals surface area (Å²) in [7, 11) is 0. The minimum absolute atomic E-state index is 0.133. The van der Waals surface area contributed by atoms with Gasteiger partial charge < -0.3 is 15.2 Å². The molecule has 1 amide bonds. The highest BCUT2D eigenvalue weighted by Crippen LogP contribution is 2.43. The third-order valence-electron chi connectivity index (χ3n) is 6.17. The average molecular weight is 451 g/mol. The van der Waals surface area contributed by atoms with Gasteiger partial charge in [0.25, 0.3) is 0 Å². The first kappa shape index (κ1) is 22.2. The average Bonchev–Trinajstić information content (AvgIpc) is 3.48. The highest BCUT2D eigenvalue weighted by atomic mass is 32.1. The molecule has 1 saturated heterocycles. The number of ether oxygens (including phenoxy) is 1. The van der Waals surface area contributed by atoms with Crippen molar-refractivity contribution in [3.8, 4) is 0 Å². The van der Waals surface area contributed by atoms with E-state index in [1.54, 1.807) is 6.20 Å². The number of aromatic nitrogens is 1. The molecule has 3 aromatic rings. The number of carboxylic acids is 1. The number of anilines is 1. The number of hydrogen-bond donors (Lipinski definition) is 2. The highest BCUT2D eigenvalue weighted by Gasteiger charge is 2.45. The number of carbonyl (C=O) groups excluding carboxylic acids is 1. The van der Waals surface area contributed by atoms with E-state index < -0.39 is 17.0 Å². The number of thiazole rings is 1. The largest absolute Gasteiger partial charge is 0.479 e. The smallest absolute Gasteiger partial charge is 0.340 e. The third-order valence-corrected chi connectivity index (χ3v) is 6.86. The maximum absolute atomic E-state index is 13.3. The zero-order valence-electron chi connectivity index (χ0n) is 18.1. The second kappa shape index (κ2) is 8.84. The van der Waals surface area contributed by atoms with E-state index in [4.69, 9.17) is 4.74 Å². The maximum atomic E-state index is 13.3. The minimum atomic E-state index is -1.29. The van der Waals surface area contributed by atoms with E-state index in [9.17, 15) is 14.7 Å². The van der Waals surface area contributed by atoms with Gasteiger partial charge in [-0.2, -0.15) is 0 Å². The van der Waals surface area contributed by atoms with Crippen LogP contribution in [0.25, 0.3) is 0 Å². The van der Waals surface area contributed by atoms with Gasteiger partial charge in [0.1, 0.15) is 0 Å². The predicted octanol–water partition coefficient (Wildman–Crippen LogP) is 5.03. The molecular weight excluding hydrogens is 424 g/mol. The molecule has 2 atom stereocenters. The van der Waals surface area contributed by atoms with Crippen LogP contribution in [0.5, 0.6) is 0 Å². The maximum Gasteiger partial charge on any atom is 0.340 e. The van der Waals surface area contributed by atoms with Gasteiger partial charge in [0.05, 0.1) is 5.41 Å². The van der Waals surface area contributed by atoms with Crippen LogP contribution >= 0.6 is 11.3 Å². The minimum Gasteiger partial charge on any atom is -0.479 e. The van der Waals surface area contributed by atoms with Gasteiger partial charge in [-0.25, -0.2) is 9.78 Å². The standard InChI is InChI=1S/C25H26N2O4S/c1-24(2,21(28)27-23-26-14-16-32-23)20(17-7-4-3-5-8-17)18-9-11-19(12-10-18)25(22(29)30)13-6-15-31-25/h3-5,7-12,14,16,20H,6,13,15H2,1-2H3,(H,29,30)(H,26,27,28)/t20-,25?/m1/s1. The summed E-state index contributed by atoms with van der Waals surface area (Å²) in [6.07, 6.45) is 2.82. The molecule has 1 aliphatic heterocycles. The van der Waals surface area contributed by atoms with Crippen molar-refractivity contribution < 1.29 is 19.4 Å². The van der Waals surface area contributed by atoms with E-state index >= 15 is 0 Å². The molecule has 4 rings (SSSR count). The van der Waals surface area contributed by atoms with E-state index in [0.717, 1.165) is 11.1 Å². The summed E-state index contributed by atoms with van der Waals surface area (Å²) < 4.78 is 5.67. The zero-order valence-corrected chi connectivity index (χ0v) is 18.9. The van der Waals surface area contributed by atoms with Crippen LogP contribution in [0.1, 0.15) is 49.3 Å². The van der Waals surface area contributed by atoms with Crippen LogP contribution in [0.15, 0.2) is 66.2 Å². The van der Waals surface area contributed by atoms with Crippen molar-refractivity contribution in [3.63, 3.8) is 0 Å². The van der Waals surface area contributed by atoms with Crippen molar-refractivity contribution in [1.29, 1.82) is 0 Å². The lowest BCUT2D eigenvalue weighted by atomic mass is 9.70. The van der Waals surface area contributed by atoms with E-state index in [1.165, 1.54) is 11.3 Å². The summed E-state index contributed by atoms with van der Waals surface area (Å²) in [4.78, 5) is 29.4. The van der Waals surface area contributed by atoms with Crippen molar-refractivity contribution in [2.75, 3.05) is 11.9 Å². The quantitative estimate of drug-likeness (QED) is 0.527. The third kappa shape index (κ3) is 4.06. The molecule has 0 aliphatic carbocycles. The lowest BCUT2D eigenvalue weighted by molar-refractivity contribution is -0.161. The summed E-state index contributed by atoms with van der Waals surface area (Å²) in [5.41, 5.74) is 0.465. The fourth-order valence-electron chi connectivity index (χ4n) is 4.45. The second-order valence-corrected chi connectivity index (χ2v) is 9.46. The molecule has 2 heterocycles. The Labute approximate surface area is 191 Å². The van der Waals surface area contributed by atoms with Gasteiger partial charge in [0.2, 0.25) is 5.91 Å². The monoisotopic (exact) mass is 450 g/mol. The predicted molar refractivity (Wildman–Crippen MR) is 124 cm³/mol. The fraction of sp³-hybridized carbons (Fsp3) is 0.320. The van der Waals surface area contributed by atoms with Gasteiger partial charge in [-0.1, -0.05) is 68.4 Å². The Morgan fingerprint density at radius 2 is 1.81 bits per heavy atom. The SMILES string of the molecule is CC(C)(C(=O)Nc1nccs1)[C@H](c1ccccc1)c1ccc(C2(C(=O)O)CCCO2)cc1. The summed E-state index contributed by atoms with van der Waals surface area (Å²) in [5, 5.41) is 15.1. The number of amides is 1. The number of nitrogens with zero attached hydrogens (tertiary/aromatic N) is 1. The molecule has 1 fully saturated rings. The normalized spacial score (nSPS) is 19.4. The Hall–Kier alpha value is -3.03. The summed E-state index contributed by atoms with van der Waals surface area (Å²) >= 11 is 1.38. The van der Waals surface area contributed by atoms with Crippen LogP contribution < -0.4 is 5.32 Å². The van der Waals surface area contributed by atoms with Crippen LogP contribution in [0.4, 0.5) is 5.13 Å². The molecule has 0 bridgehead atoms. The molecule has 32 heavy (non-hydrogen) atoms. The van der Waals surface area contributed by atoms with Gasteiger partial charge in [0, 0.05) is 24.1 Å². The van der Waals surface area contributed by atoms with E-state index in [2.05, 4.69) is 10.3 Å². The van der Waals surface area contributed by atoms with Gasteiger partial charge in [-0.05, 0) is 29.5 Å². The van der Waals surface area contributed by atoms with Crippen LogP contribution in [0.3, 0.4) is 0 Å². The first-order chi connectivity index (χ1) is 15.3. The molecular formula is C25H26N2O4S. The Morgan fingerprint density at radius 3 is 2.38 bits per heavy atom. The van der Waals surface area contributed by atoms with E-state index in [0.29, 0.717) is 30.1 Å². The molecule has 0 radical (unpaired) electrons. The number of aliphatic carboxylic acids is 1. The lowest BCUT2D eigenvalue weighted by Gasteiger charge is -2.34. The molecule has 7 heteroatoms. The second-order valence-electron chi connectivity index (χ2n) is 8.56. The summed E-state index contributed by atoms with van der Waals surface area (Å²) in [5.74, 6) is -1.35. The topological polar surface area (TPSA) is 88.5 Å². The van der Waals surface area contributed by atoms with Crippen molar-refractivity contribution in [3.05, 3.63) is 82.9 Å². The first-order valence-electron chi connectivity index (χ1n) is 10.6.